The molecule has 10 nitrogen and oxygen atoms in total. The second-order valence-electron chi connectivity index (χ2n) is 11.6. The summed E-state index contributed by atoms with van der Waals surface area (Å²) in [6.07, 6.45) is 2.60. The SMILES string of the molecule is C=CC(=O)N1CCN(c2nc(OCCOC3CN(C)C3)nc3c2CCN(c2cccc4cccc(C)c24)C3)C[C@@H]1CC#N. The predicted molar refractivity (Wildman–Crippen MR) is 166 cm³/mol. The van der Waals surface area contributed by atoms with Crippen molar-refractivity contribution < 1.29 is 14.3 Å². The zero-order valence-electron chi connectivity index (χ0n) is 25.0. The quantitative estimate of drug-likeness (QED) is 0.278. The first kappa shape index (κ1) is 28.9. The number of piperazine rings is 1. The van der Waals surface area contributed by atoms with Crippen LogP contribution in [0.4, 0.5) is 11.5 Å². The Morgan fingerprint density at radius 1 is 1.09 bits per heavy atom. The van der Waals surface area contributed by atoms with Crippen LogP contribution in [-0.2, 0) is 22.5 Å². The normalized spacial score (nSPS) is 19.1. The number of anilines is 2. The van der Waals surface area contributed by atoms with Crippen molar-refractivity contribution in [2.45, 2.75) is 38.5 Å². The average Bonchev–Trinajstić information content (AvgIpc) is 3.01. The van der Waals surface area contributed by atoms with Gasteiger partial charge in [-0.15, -0.1) is 0 Å². The van der Waals surface area contributed by atoms with Crippen molar-refractivity contribution in [1.82, 2.24) is 19.8 Å². The maximum atomic E-state index is 12.5. The number of aromatic nitrogens is 2. The summed E-state index contributed by atoms with van der Waals surface area (Å²) >= 11 is 0. The molecular formula is C33H39N7O3. The summed E-state index contributed by atoms with van der Waals surface area (Å²) < 4.78 is 12.0. The molecule has 1 amide bonds. The standard InChI is InChI=1S/C33H39N7O3/c1-4-30(41)40-16-15-39(19-25(40)11-13-34)32-27-12-14-38(29-10-6-9-24-8-5-7-23(2)31(24)29)22-28(27)35-33(36-32)43-18-17-42-26-20-37(3)21-26/h4-10,25-26H,1,11-12,14-22H2,2-3H3/t25-/m0/s1. The van der Waals surface area contributed by atoms with Crippen LogP contribution in [0, 0.1) is 18.3 Å². The number of rotatable bonds is 9. The molecule has 2 saturated heterocycles. The first-order valence-corrected chi connectivity index (χ1v) is 15.1. The molecule has 4 heterocycles. The van der Waals surface area contributed by atoms with E-state index in [0.29, 0.717) is 45.4 Å². The van der Waals surface area contributed by atoms with E-state index in [0.717, 1.165) is 43.1 Å². The second-order valence-corrected chi connectivity index (χ2v) is 11.6. The first-order chi connectivity index (χ1) is 20.9. The smallest absolute Gasteiger partial charge is 0.318 e. The Labute approximate surface area is 253 Å². The van der Waals surface area contributed by atoms with Crippen molar-refractivity contribution in [2.75, 3.05) is 69.3 Å². The lowest BCUT2D eigenvalue weighted by molar-refractivity contribution is -0.128. The van der Waals surface area contributed by atoms with Gasteiger partial charge in [0.25, 0.3) is 0 Å². The number of fused-ring (bicyclic) bond motifs is 2. The number of benzene rings is 2. The molecule has 1 aromatic heterocycles. The van der Waals surface area contributed by atoms with E-state index in [9.17, 15) is 10.1 Å². The van der Waals surface area contributed by atoms with Gasteiger partial charge in [0.1, 0.15) is 12.4 Å². The third-order valence-corrected chi connectivity index (χ3v) is 8.72. The monoisotopic (exact) mass is 581 g/mol. The van der Waals surface area contributed by atoms with E-state index in [1.165, 1.54) is 28.1 Å². The Kier molecular flexibility index (Phi) is 8.45. The highest BCUT2D eigenvalue weighted by Crippen LogP contribution is 2.36. The Hall–Kier alpha value is -4.20. The minimum atomic E-state index is -0.244. The highest BCUT2D eigenvalue weighted by molar-refractivity contribution is 5.97. The molecule has 3 aliphatic rings. The molecule has 43 heavy (non-hydrogen) atoms. The highest BCUT2D eigenvalue weighted by atomic mass is 16.5. The van der Waals surface area contributed by atoms with Gasteiger partial charge in [-0.2, -0.15) is 15.2 Å². The Morgan fingerprint density at radius 2 is 1.91 bits per heavy atom. The average molecular weight is 582 g/mol. The molecule has 2 aromatic carbocycles. The van der Waals surface area contributed by atoms with Crippen LogP contribution in [0.3, 0.4) is 0 Å². The summed E-state index contributed by atoms with van der Waals surface area (Å²) in [5.41, 5.74) is 4.50. The molecule has 6 rings (SSSR count). The third kappa shape index (κ3) is 6.01. The molecule has 0 saturated carbocycles. The Bertz CT molecular complexity index is 1540. The van der Waals surface area contributed by atoms with Gasteiger partial charge in [0.2, 0.25) is 5.91 Å². The number of likely N-dealkylation sites (tertiary alicyclic amines) is 1. The molecule has 2 fully saturated rings. The molecule has 10 heteroatoms. The van der Waals surface area contributed by atoms with E-state index in [4.69, 9.17) is 19.4 Å². The van der Waals surface area contributed by atoms with E-state index < -0.39 is 0 Å². The number of aryl methyl sites for hydroxylation is 1. The van der Waals surface area contributed by atoms with Crippen LogP contribution < -0.4 is 14.5 Å². The minimum Gasteiger partial charge on any atom is -0.461 e. The van der Waals surface area contributed by atoms with Crippen LogP contribution in [0.25, 0.3) is 10.8 Å². The van der Waals surface area contributed by atoms with E-state index in [2.05, 4.69) is 77.7 Å². The molecule has 0 N–H and O–H groups in total. The minimum absolute atomic E-state index is 0.146. The molecule has 1 atom stereocenters. The fraction of sp³-hybridized carbons (Fsp3) is 0.455. The molecule has 3 aliphatic heterocycles. The third-order valence-electron chi connectivity index (χ3n) is 8.72. The van der Waals surface area contributed by atoms with Gasteiger partial charge in [0.15, 0.2) is 0 Å². The van der Waals surface area contributed by atoms with Crippen molar-refractivity contribution >= 4 is 28.2 Å². The lowest BCUT2D eigenvalue weighted by Crippen LogP contribution is -2.55. The molecule has 0 radical (unpaired) electrons. The summed E-state index contributed by atoms with van der Waals surface area (Å²) in [5, 5.41) is 12.0. The second kappa shape index (κ2) is 12.6. The molecule has 0 aliphatic carbocycles. The van der Waals surface area contributed by atoms with Crippen molar-refractivity contribution in [3.8, 4) is 12.1 Å². The number of nitriles is 1. The van der Waals surface area contributed by atoms with Gasteiger partial charge in [-0.05, 0) is 43.5 Å². The number of hydrogen-bond donors (Lipinski definition) is 0. The molecule has 3 aromatic rings. The topological polar surface area (TPSA) is 98.1 Å². The number of nitrogens with zero attached hydrogens (tertiary/aromatic N) is 7. The van der Waals surface area contributed by atoms with E-state index in [1.54, 1.807) is 4.90 Å². The Morgan fingerprint density at radius 3 is 2.67 bits per heavy atom. The van der Waals surface area contributed by atoms with Gasteiger partial charge in [-0.25, -0.2) is 0 Å². The fourth-order valence-corrected chi connectivity index (χ4v) is 6.52. The number of likely N-dealkylation sites (N-methyl/N-ethyl adjacent to an activating group) is 1. The lowest BCUT2D eigenvalue weighted by atomic mass is 9.99. The lowest BCUT2D eigenvalue weighted by Gasteiger charge is -2.42. The molecule has 0 spiro atoms. The van der Waals surface area contributed by atoms with Crippen LogP contribution in [0.15, 0.2) is 49.1 Å². The maximum Gasteiger partial charge on any atom is 0.318 e. The van der Waals surface area contributed by atoms with Crippen LogP contribution >= 0.6 is 0 Å². The van der Waals surface area contributed by atoms with Gasteiger partial charge in [0, 0.05) is 55.9 Å². The molecular weight excluding hydrogens is 542 g/mol. The number of ether oxygens (including phenoxy) is 2. The largest absolute Gasteiger partial charge is 0.461 e. The first-order valence-electron chi connectivity index (χ1n) is 15.1. The van der Waals surface area contributed by atoms with Crippen molar-refractivity contribution in [2.24, 2.45) is 0 Å². The van der Waals surface area contributed by atoms with Crippen molar-refractivity contribution in [3.63, 3.8) is 0 Å². The highest BCUT2D eigenvalue weighted by Gasteiger charge is 2.33. The van der Waals surface area contributed by atoms with Crippen molar-refractivity contribution in [1.29, 1.82) is 5.26 Å². The van der Waals surface area contributed by atoms with E-state index in [1.807, 2.05) is 0 Å². The predicted octanol–water partition coefficient (Wildman–Crippen LogP) is 3.33. The van der Waals surface area contributed by atoms with Crippen LogP contribution in [0.5, 0.6) is 6.01 Å². The zero-order valence-corrected chi connectivity index (χ0v) is 25.0. The van der Waals surface area contributed by atoms with Crippen LogP contribution in [-0.4, -0.2) is 97.4 Å². The van der Waals surface area contributed by atoms with Crippen LogP contribution in [0.1, 0.15) is 23.2 Å². The molecule has 0 bridgehead atoms. The summed E-state index contributed by atoms with van der Waals surface area (Å²) in [6.45, 7) is 11.6. The van der Waals surface area contributed by atoms with Gasteiger partial charge < -0.3 is 29.1 Å². The molecule has 224 valence electrons. The maximum absolute atomic E-state index is 12.5. The molecule has 0 unspecified atom stereocenters. The number of hydrogen-bond acceptors (Lipinski definition) is 9. The van der Waals surface area contributed by atoms with Gasteiger partial charge in [0.05, 0.1) is 43.5 Å². The van der Waals surface area contributed by atoms with Crippen molar-refractivity contribution in [3.05, 3.63) is 65.9 Å². The van der Waals surface area contributed by atoms with Gasteiger partial charge in [-0.3, -0.25) is 4.79 Å². The van der Waals surface area contributed by atoms with E-state index >= 15 is 0 Å². The summed E-state index contributed by atoms with van der Waals surface area (Å²) in [6, 6.07) is 15.2. The van der Waals surface area contributed by atoms with Gasteiger partial charge >= 0.3 is 6.01 Å². The van der Waals surface area contributed by atoms with Gasteiger partial charge in [-0.1, -0.05) is 36.9 Å². The summed E-state index contributed by atoms with van der Waals surface area (Å²) in [7, 11) is 2.08. The number of carbonyl (C=O) groups excluding carboxylic acids is 1. The zero-order chi connectivity index (χ0) is 29.9. The summed E-state index contributed by atoms with van der Waals surface area (Å²) in [4.78, 5) is 30.9. The number of amides is 1. The summed E-state index contributed by atoms with van der Waals surface area (Å²) in [5.74, 6) is 0.691. The fourth-order valence-electron chi connectivity index (χ4n) is 6.52. The number of carbonyl (C=O) groups is 1. The Balaban J connectivity index is 1.28. The van der Waals surface area contributed by atoms with Crippen LogP contribution in [0.2, 0.25) is 0 Å². The van der Waals surface area contributed by atoms with E-state index in [-0.39, 0.29) is 24.5 Å².